The van der Waals surface area contributed by atoms with Gasteiger partial charge in [0.15, 0.2) is 0 Å². The van der Waals surface area contributed by atoms with E-state index in [4.69, 9.17) is 22.7 Å². The number of hydrogen-bond donors (Lipinski definition) is 1. The maximum absolute atomic E-state index is 6.03. The van der Waals surface area contributed by atoms with Crippen molar-refractivity contribution in [3.05, 3.63) is 0 Å². The zero-order valence-electron chi connectivity index (χ0n) is 11.6. The van der Waals surface area contributed by atoms with Gasteiger partial charge < -0.3 is 10.5 Å². The van der Waals surface area contributed by atoms with Crippen LogP contribution in [0.2, 0.25) is 0 Å². The lowest BCUT2D eigenvalue weighted by molar-refractivity contribution is -0.150. The maximum Gasteiger partial charge on any atom is 0.0870 e. The number of hydrogen-bond acceptors (Lipinski definition) is 4. The Labute approximate surface area is 121 Å². The van der Waals surface area contributed by atoms with Crippen molar-refractivity contribution >= 4 is 17.2 Å². The lowest BCUT2D eigenvalue weighted by Gasteiger charge is -2.50. The van der Waals surface area contributed by atoms with E-state index >= 15 is 0 Å². The van der Waals surface area contributed by atoms with Crippen molar-refractivity contribution in [2.75, 3.05) is 39.3 Å². The summed E-state index contributed by atoms with van der Waals surface area (Å²) in [4.78, 5) is 5.66. The summed E-state index contributed by atoms with van der Waals surface area (Å²) in [6, 6.07) is 0.737. The molecule has 1 saturated carbocycles. The second kappa shape index (κ2) is 5.64. The van der Waals surface area contributed by atoms with Gasteiger partial charge in [-0.3, -0.25) is 9.80 Å². The third-order valence-electron chi connectivity index (χ3n) is 5.03. The molecular weight excluding hydrogens is 258 g/mol. The summed E-state index contributed by atoms with van der Waals surface area (Å²) in [5.74, 6) is 0. The average molecular weight is 283 g/mol. The summed E-state index contributed by atoms with van der Waals surface area (Å²) in [5, 5.41) is 0. The molecule has 3 fully saturated rings. The topological polar surface area (TPSA) is 41.7 Å². The van der Waals surface area contributed by atoms with Crippen molar-refractivity contribution in [3.63, 3.8) is 0 Å². The molecule has 3 aliphatic rings. The van der Waals surface area contributed by atoms with Gasteiger partial charge in [0.2, 0.25) is 0 Å². The number of nitrogens with zero attached hydrogens (tertiary/aromatic N) is 2. The van der Waals surface area contributed by atoms with E-state index in [1.807, 2.05) is 0 Å². The first-order chi connectivity index (χ1) is 9.17. The van der Waals surface area contributed by atoms with Gasteiger partial charge >= 0.3 is 0 Å². The molecule has 108 valence electrons. The Kier molecular flexibility index (Phi) is 4.08. The fraction of sp³-hybridized carbons (Fsp3) is 0.929. The summed E-state index contributed by atoms with van der Waals surface area (Å²) >= 11 is 4.99. The predicted molar refractivity (Wildman–Crippen MR) is 80.4 cm³/mol. The summed E-state index contributed by atoms with van der Waals surface area (Å²) in [7, 11) is 0. The fourth-order valence-electron chi connectivity index (χ4n) is 3.74. The minimum atomic E-state index is 0.263. The van der Waals surface area contributed by atoms with Gasteiger partial charge in [0.25, 0.3) is 0 Å². The monoisotopic (exact) mass is 283 g/mol. The van der Waals surface area contributed by atoms with Gasteiger partial charge in [-0.1, -0.05) is 12.2 Å². The molecule has 0 aromatic heterocycles. The lowest BCUT2D eigenvalue weighted by Crippen LogP contribution is -2.57. The summed E-state index contributed by atoms with van der Waals surface area (Å²) < 4.78 is 6.03. The van der Waals surface area contributed by atoms with Crippen molar-refractivity contribution < 1.29 is 4.74 Å². The first-order valence-corrected chi connectivity index (χ1v) is 7.96. The number of rotatable bonds is 3. The highest BCUT2D eigenvalue weighted by molar-refractivity contribution is 7.80. The highest BCUT2D eigenvalue weighted by atomic mass is 32.1. The smallest absolute Gasteiger partial charge is 0.0870 e. The third-order valence-corrected chi connectivity index (χ3v) is 5.16. The van der Waals surface area contributed by atoms with Crippen LogP contribution in [-0.2, 0) is 4.74 Å². The van der Waals surface area contributed by atoms with Crippen molar-refractivity contribution in [3.8, 4) is 0 Å². The van der Waals surface area contributed by atoms with Gasteiger partial charge in [-0.05, 0) is 32.1 Å². The van der Waals surface area contributed by atoms with Gasteiger partial charge in [-0.15, -0.1) is 0 Å². The Morgan fingerprint density at radius 3 is 2.58 bits per heavy atom. The Hall–Kier alpha value is -0.230. The molecule has 3 rings (SSSR count). The van der Waals surface area contributed by atoms with E-state index in [1.165, 1.54) is 32.1 Å². The highest BCUT2D eigenvalue weighted by Gasteiger charge is 2.44. The standard InChI is InChI=1S/C14H25N3OS/c15-13(19)11-16-5-7-17(8-6-16)12-2-9-18-14(10-12)3-1-4-14/h12H,1-11H2,(H2,15,19). The molecule has 1 aliphatic carbocycles. The SMILES string of the molecule is NC(=S)CN1CCN(C2CCOC3(CCC3)C2)CC1. The molecule has 2 N–H and O–H groups in total. The van der Waals surface area contributed by atoms with Crippen molar-refractivity contribution in [1.82, 2.24) is 9.80 Å². The van der Waals surface area contributed by atoms with Gasteiger partial charge in [0.05, 0.1) is 10.6 Å². The molecule has 19 heavy (non-hydrogen) atoms. The molecule has 0 bridgehead atoms. The molecule has 2 heterocycles. The zero-order valence-corrected chi connectivity index (χ0v) is 12.5. The molecule has 2 saturated heterocycles. The third kappa shape index (κ3) is 3.10. The predicted octanol–water partition coefficient (Wildman–Crippen LogP) is 0.992. The molecule has 0 amide bonds. The Morgan fingerprint density at radius 2 is 2.00 bits per heavy atom. The van der Waals surface area contributed by atoms with Crippen LogP contribution in [0, 0.1) is 0 Å². The molecule has 4 nitrogen and oxygen atoms in total. The van der Waals surface area contributed by atoms with Gasteiger partial charge in [0, 0.05) is 45.4 Å². The quantitative estimate of drug-likeness (QED) is 0.783. The second-order valence-electron chi connectivity index (χ2n) is 6.31. The van der Waals surface area contributed by atoms with Crippen LogP contribution in [0.1, 0.15) is 32.1 Å². The Balaban J connectivity index is 1.49. The van der Waals surface area contributed by atoms with E-state index in [2.05, 4.69) is 9.80 Å². The number of nitrogens with two attached hydrogens (primary N) is 1. The summed E-state index contributed by atoms with van der Waals surface area (Å²) in [6.07, 6.45) is 6.38. The van der Waals surface area contributed by atoms with Gasteiger partial charge in [-0.2, -0.15) is 0 Å². The lowest BCUT2D eigenvalue weighted by atomic mass is 9.73. The molecule has 1 spiro atoms. The maximum atomic E-state index is 6.03. The van der Waals surface area contributed by atoms with E-state index in [-0.39, 0.29) is 5.60 Å². The second-order valence-corrected chi connectivity index (χ2v) is 6.83. The van der Waals surface area contributed by atoms with Crippen LogP contribution < -0.4 is 5.73 Å². The average Bonchev–Trinajstić information content (AvgIpc) is 2.37. The number of ether oxygens (including phenoxy) is 1. The molecule has 5 heteroatoms. The molecule has 2 aliphatic heterocycles. The fourth-order valence-corrected chi connectivity index (χ4v) is 3.92. The van der Waals surface area contributed by atoms with Crippen LogP contribution in [0.5, 0.6) is 0 Å². The summed E-state index contributed by atoms with van der Waals surface area (Å²) in [6.45, 7) is 6.24. The first kappa shape index (κ1) is 13.7. The number of thiocarbonyl (C=S) groups is 1. The molecular formula is C14H25N3OS. The summed E-state index contributed by atoms with van der Waals surface area (Å²) in [5.41, 5.74) is 5.88. The van der Waals surface area contributed by atoms with Gasteiger partial charge in [0.1, 0.15) is 0 Å². The normalized spacial score (nSPS) is 32.1. The van der Waals surface area contributed by atoms with Crippen molar-refractivity contribution in [2.24, 2.45) is 5.73 Å². The van der Waals surface area contributed by atoms with Gasteiger partial charge in [-0.25, -0.2) is 0 Å². The van der Waals surface area contributed by atoms with Crippen LogP contribution in [0.3, 0.4) is 0 Å². The van der Waals surface area contributed by atoms with E-state index < -0.39 is 0 Å². The van der Waals surface area contributed by atoms with Crippen LogP contribution >= 0.6 is 12.2 Å². The number of piperazine rings is 1. The van der Waals surface area contributed by atoms with E-state index in [9.17, 15) is 0 Å². The highest BCUT2D eigenvalue weighted by Crippen LogP contribution is 2.43. The first-order valence-electron chi connectivity index (χ1n) is 7.56. The van der Waals surface area contributed by atoms with Crippen LogP contribution in [0.4, 0.5) is 0 Å². The van der Waals surface area contributed by atoms with E-state index in [1.54, 1.807) is 0 Å². The Bertz CT molecular complexity index is 338. The zero-order chi connectivity index (χ0) is 13.3. The molecule has 0 aromatic rings. The van der Waals surface area contributed by atoms with Crippen LogP contribution in [-0.4, -0.2) is 65.8 Å². The Morgan fingerprint density at radius 1 is 1.26 bits per heavy atom. The van der Waals surface area contributed by atoms with Crippen molar-refractivity contribution in [1.29, 1.82) is 0 Å². The van der Waals surface area contributed by atoms with Crippen LogP contribution in [0.15, 0.2) is 0 Å². The minimum absolute atomic E-state index is 0.263. The largest absolute Gasteiger partial charge is 0.392 e. The van der Waals surface area contributed by atoms with Crippen LogP contribution in [0.25, 0.3) is 0 Å². The van der Waals surface area contributed by atoms with Crippen molar-refractivity contribution in [2.45, 2.75) is 43.7 Å². The minimum Gasteiger partial charge on any atom is -0.392 e. The van der Waals surface area contributed by atoms with E-state index in [0.29, 0.717) is 4.99 Å². The van der Waals surface area contributed by atoms with E-state index in [0.717, 1.165) is 45.4 Å². The molecule has 0 radical (unpaired) electrons. The molecule has 1 atom stereocenters. The molecule has 1 unspecified atom stereocenters. The molecule has 0 aromatic carbocycles.